The third kappa shape index (κ3) is 5.31. The van der Waals surface area contributed by atoms with Crippen molar-refractivity contribution < 1.29 is 0 Å². The van der Waals surface area contributed by atoms with Crippen LogP contribution in [0.2, 0.25) is 0 Å². The molecule has 0 aliphatic heterocycles. The molecule has 11 rings (SSSR count). The highest BCUT2D eigenvalue weighted by Crippen LogP contribution is 2.39. The molecule has 0 spiro atoms. The van der Waals surface area contributed by atoms with Crippen LogP contribution in [0.1, 0.15) is 0 Å². The maximum atomic E-state index is 5.49. The monoisotopic (exact) mass is 714 g/mol. The molecule has 3 aromatic heterocycles. The van der Waals surface area contributed by atoms with Crippen LogP contribution in [-0.2, 0) is 0 Å². The third-order valence-corrected chi connectivity index (χ3v) is 10.9. The minimum atomic E-state index is 0.671. The summed E-state index contributed by atoms with van der Waals surface area (Å²) >= 11 is 0. The Hall–Kier alpha value is -7.56. The Kier molecular flexibility index (Phi) is 7.46. The molecule has 56 heavy (non-hydrogen) atoms. The van der Waals surface area contributed by atoms with E-state index in [-0.39, 0.29) is 0 Å². The summed E-state index contributed by atoms with van der Waals surface area (Å²) in [6.07, 6.45) is 0. The fourth-order valence-corrected chi connectivity index (χ4v) is 8.33. The van der Waals surface area contributed by atoms with Gasteiger partial charge in [0.1, 0.15) is 0 Å². The molecule has 11 aromatic rings. The molecule has 0 unspecified atom stereocenters. The molecule has 3 heterocycles. The first kappa shape index (κ1) is 31.9. The van der Waals surface area contributed by atoms with Gasteiger partial charge in [-0.2, -0.15) is 0 Å². The lowest BCUT2D eigenvalue weighted by molar-refractivity contribution is 1.09. The van der Waals surface area contributed by atoms with E-state index in [1.54, 1.807) is 0 Å². The number of rotatable bonds is 6. The van der Waals surface area contributed by atoms with Gasteiger partial charge in [0.05, 0.1) is 33.6 Å². The Labute approximate surface area is 324 Å². The second kappa shape index (κ2) is 13.1. The lowest BCUT2D eigenvalue weighted by atomic mass is 9.99. The van der Waals surface area contributed by atoms with E-state index < -0.39 is 0 Å². The Morgan fingerprint density at radius 1 is 0.339 bits per heavy atom. The zero-order valence-corrected chi connectivity index (χ0v) is 30.4. The van der Waals surface area contributed by atoms with Crippen molar-refractivity contribution >= 4 is 43.5 Å². The van der Waals surface area contributed by atoms with Gasteiger partial charge in [-0.05, 0) is 70.4 Å². The predicted octanol–water partition coefficient (Wildman–Crippen LogP) is 13.3. The van der Waals surface area contributed by atoms with Crippen molar-refractivity contribution in [1.29, 1.82) is 0 Å². The van der Waals surface area contributed by atoms with Gasteiger partial charge in [-0.1, -0.05) is 158 Å². The van der Waals surface area contributed by atoms with Crippen LogP contribution in [0, 0.1) is 0 Å². The van der Waals surface area contributed by atoms with E-state index in [1.165, 1.54) is 16.2 Å². The zero-order valence-electron chi connectivity index (χ0n) is 30.4. The molecule has 4 heteroatoms. The molecule has 0 saturated heterocycles. The van der Waals surface area contributed by atoms with E-state index in [4.69, 9.17) is 9.97 Å². The summed E-state index contributed by atoms with van der Waals surface area (Å²) in [5, 5.41) is 5.72. The lowest BCUT2D eigenvalue weighted by Crippen LogP contribution is -2.03. The maximum Gasteiger partial charge on any atom is 0.160 e. The number of hydrogen-bond acceptors (Lipinski definition) is 2. The van der Waals surface area contributed by atoms with Crippen molar-refractivity contribution in [3.05, 3.63) is 206 Å². The van der Waals surface area contributed by atoms with Gasteiger partial charge in [0.15, 0.2) is 5.82 Å². The van der Waals surface area contributed by atoms with Gasteiger partial charge in [0.2, 0.25) is 0 Å². The van der Waals surface area contributed by atoms with Crippen molar-refractivity contribution in [3.63, 3.8) is 0 Å². The summed E-state index contributed by atoms with van der Waals surface area (Å²) in [5.41, 5.74) is 12.7. The standard InChI is InChI=1S/C52H34N4/c1-3-17-36(18-4-1)49-32-38-21-8-13-28-47(38)55(49)41-30-40(31-42(34-41)56-48-29-14-9-22-39(48)33-50(56)37-19-5-2-6-20-37)52-53-46-27-12-11-25-45(46)51(54-52)44-26-15-23-35-16-7-10-24-43(35)44/h1-34H. The summed E-state index contributed by atoms with van der Waals surface area (Å²) < 4.78 is 4.77. The van der Waals surface area contributed by atoms with Gasteiger partial charge in [-0.15, -0.1) is 0 Å². The molecule has 0 radical (unpaired) electrons. The van der Waals surface area contributed by atoms with E-state index >= 15 is 0 Å². The highest BCUT2D eigenvalue weighted by Gasteiger charge is 2.20. The van der Waals surface area contributed by atoms with E-state index in [0.717, 1.165) is 78.0 Å². The quantitative estimate of drug-likeness (QED) is 0.172. The molecule has 0 amide bonds. The second-order valence-corrected chi connectivity index (χ2v) is 14.3. The molecule has 0 fully saturated rings. The summed E-state index contributed by atoms with van der Waals surface area (Å²) in [6, 6.07) is 73.4. The normalized spacial score (nSPS) is 11.6. The molecule has 0 bridgehead atoms. The first-order chi connectivity index (χ1) is 27.8. The van der Waals surface area contributed by atoms with Crippen LogP contribution in [0.5, 0.6) is 0 Å². The minimum Gasteiger partial charge on any atom is -0.309 e. The van der Waals surface area contributed by atoms with E-state index in [2.05, 4.69) is 215 Å². The molecule has 0 aliphatic rings. The topological polar surface area (TPSA) is 35.6 Å². The van der Waals surface area contributed by atoms with Crippen LogP contribution in [0.4, 0.5) is 0 Å². The van der Waals surface area contributed by atoms with Crippen LogP contribution in [0.25, 0.3) is 100 Å². The average Bonchev–Trinajstić information content (AvgIpc) is 3.86. The van der Waals surface area contributed by atoms with E-state index in [0.29, 0.717) is 5.82 Å². The molecule has 8 aromatic carbocycles. The number of para-hydroxylation sites is 3. The van der Waals surface area contributed by atoms with Gasteiger partial charge in [-0.25, -0.2) is 9.97 Å². The van der Waals surface area contributed by atoms with Crippen LogP contribution < -0.4 is 0 Å². The molecule has 0 atom stereocenters. The summed E-state index contributed by atoms with van der Waals surface area (Å²) in [7, 11) is 0. The Morgan fingerprint density at radius 3 is 1.46 bits per heavy atom. The second-order valence-electron chi connectivity index (χ2n) is 14.3. The minimum absolute atomic E-state index is 0.671. The molecule has 0 aliphatic carbocycles. The summed E-state index contributed by atoms with van der Waals surface area (Å²) in [5.74, 6) is 0.671. The number of benzene rings is 8. The number of nitrogens with zero attached hydrogens (tertiary/aromatic N) is 4. The summed E-state index contributed by atoms with van der Waals surface area (Å²) in [6.45, 7) is 0. The van der Waals surface area contributed by atoms with Crippen molar-refractivity contribution in [2.45, 2.75) is 0 Å². The van der Waals surface area contributed by atoms with Gasteiger partial charge >= 0.3 is 0 Å². The highest BCUT2D eigenvalue weighted by atomic mass is 15.0. The Balaban J connectivity index is 1.24. The van der Waals surface area contributed by atoms with Crippen molar-refractivity contribution in [1.82, 2.24) is 19.1 Å². The summed E-state index contributed by atoms with van der Waals surface area (Å²) in [4.78, 5) is 10.8. The molecule has 4 nitrogen and oxygen atoms in total. The number of fused-ring (bicyclic) bond motifs is 4. The fourth-order valence-electron chi connectivity index (χ4n) is 8.33. The Bertz CT molecular complexity index is 3110. The molecule has 0 saturated carbocycles. The van der Waals surface area contributed by atoms with Crippen LogP contribution in [-0.4, -0.2) is 19.1 Å². The predicted molar refractivity (Wildman–Crippen MR) is 232 cm³/mol. The Morgan fingerprint density at radius 2 is 0.839 bits per heavy atom. The van der Waals surface area contributed by atoms with Crippen molar-refractivity contribution in [3.8, 4) is 56.5 Å². The molecule has 0 N–H and O–H groups in total. The first-order valence-electron chi connectivity index (χ1n) is 19.0. The largest absolute Gasteiger partial charge is 0.309 e. The fraction of sp³-hybridized carbons (Fsp3) is 0. The van der Waals surface area contributed by atoms with E-state index in [9.17, 15) is 0 Å². The highest BCUT2D eigenvalue weighted by molar-refractivity contribution is 6.03. The maximum absolute atomic E-state index is 5.49. The SMILES string of the molecule is c1ccc(-c2cc3ccccc3n2-c2cc(-c3nc(-c4cccc5ccccc45)c4ccccc4n3)cc(-n3c(-c4ccccc4)cc4ccccc43)c2)cc1. The van der Waals surface area contributed by atoms with Crippen LogP contribution in [0.15, 0.2) is 206 Å². The van der Waals surface area contributed by atoms with Crippen molar-refractivity contribution in [2.75, 3.05) is 0 Å². The van der Waals surface area contributed by atoms with Crippen LogP contribution in [0.3, 0.4) is 0 Å². The number of aromatic nitrogens is 4. The first-order valence-corrected chi connectivity index (χ1v) is 19.0. The van der Waals surface area contributed by atoms with Gasteiger partial charge < -0.3 is 9.13 Å². The van der Waals surface area contributed by atoms with Gasteiger partial charge in [0, 0.05) is 38.7 Å². The van der Waals surface area contributed by atoms with Crippen LogP contribution >= 0.6 is 0 Å². The zero-order chi connectivity index (χ0) is 37.0. The van der Waals surface area contributed by atoms with E-state index in [1.807, 2.05) is 0 Å². The lowest BCUT2D eigenvalue weighted by Gasteiger charge is -2.18. The number of hydrogen-bond donors (Lipinski definition) is 0. The van der Waals surface area contributed by atoms with Crippen molar-refractivity contribution in [2.24, 2.45) is 0 Å². The van der Waals surface area contributed by atoms with Gasteiger partial charge in [-0.3, -0.25) is 0 Å². The smallest absolute Gasteiger partial charge is 0.160 e. The van der Waals surface area contributed by atoms with Gasteiger partial charge in [0.25, 0.3) is 0 Å². The molecular weight excluding hydrogens is 681 g/mol. The molecular formula is C52H34N4. The third-order valence-electron chi connectivity index (χ3n) is 10.9. The molecule has 262 valence electrons. The average molecular weight is 715 g/mol.